The maximum atomic E-state index is 12.1. The molecule has 0 radical (unpaired) electrons. The molecule has 0 saturated heterocycles. The lowest BCUT2D eigenvalue weighted by Gasteiger charge is -2.03. The van der Waals surface area contributed by atoms with Gasteiger partial charge in [0.15, 0.2) is 0 Å². The number of nitrogens with zero attached hydrogens (tertiary/aromatic N) is 1. The summed E-state index contributed by atoms with van der Waals surface area (Å²) in [5.74, 6) is 1.52. The summed E-state index contributed by atoms with van der Waals surface area (Å²) in [7, 11) is 1.67. The maximum absolute atomic E-state index is 12.1. The van der Waals surface area contributed by atoms with Crippen molar-refractivity contribution in [2.75, 3.05) is 20.4 Å². The highest BCUT2D eigenvalue weighted by Crippen LogP contribution is 2.32. The first-order valence-electron chi connectivity index (χ1n) is 9.27. The van der Waals surface area contributed by atoms with Crippen LogP contribution in [0.5, 0.6) is 11.5 Å². The fraction of sp³-hybridized carbons (Fsp3) is 0.125. The normalized spacial score (nSPS) is 11.2. The molecule has 146 valence electrons. The zero-order valence-electron chi connectivity index (χ0n) is 16.0. The van der Waals surface area contributed by atoms with E-state index in [2.05, 4.69) is 30.3 Å². The van der Waals surface area contributed by atoms with Crippen molar-refractivity contribution in [1.29, 1.82) is 0 Å². The molecular formula is C24H20FNO2S. The van der Waals surface area contributed by atoms with Crippen LogP contribution in [0.2, 0.25) is 0 Å². The van der Waals surface area contributed by atoms with E-state index in [1.807, 2.05) is 48.5 Å². The van der Waals surface area contributed by atoms with Crippen molar-refractivity contribution in [3.63, 3.8) is 0 Å². The topological polar surface area (TPSA) is 31.4 Å². The van der Waals surface area contributed by atoms with Crippen LogP contribution >= 0.6 is 11.3 Å². The van der Waals surface area contributed by atoms with Gasteiger partial charge in [-0.25, -0.2) is 9.37 Å². The van der Waals surface area contributed by atoms with Crippen LogP contribution in [-0.2, 0) is 0 Å². The number of rotatable bonds is 7. The second-order valence-electron chi connectivity index (χ2n) is 6.41. The van der Waals surface area contributed by atoms with Crippen molar-refractivity contribution in [2.24, 2.45) is 0 Å². The Labute approximate surface area is 173 Å². The first-order chi connectivity index (χ1) is 14.2. The molecule has 3 nitrogen and oxygen atoms in total. The summed E-state index contributed by atoms with van der Waals surface area (Å²) in [4.78, 5) is 4.72. The van der Waals surface area contributed by atoms with E-state index >= 15 is 0 Å². The molecule has 0 N–H and O–H groups in total. The van der Waals surface area contributed by atoms with Gasteiger partial charge in [0.05, 0.1) is 17.3 Å². The van der Waals surface area contributed by atoms with Crippen LogP contribution in [0, 0.1) is 0 Å². The second-order valence-corrected chi connectivity index (χ2v) is 7.45. The maximum Gasteiger partial charge on any atom is 0.124 e. The number of thiazole rings is 1. The second kappa shape index (κ2) is 8.88. The standard InChI is InChI=1S/C24H20FNO2S/c1-27-21-12-13-22-23(16-21)29-24(26-22)19-8-4-17(5-9-19)2-3-18-6-10-20(11-7-18)28-15-14-25/h2-13,16H,14-15H2,1H3/b3-2+/i25-1. The van der Waals surface area contributed by atoms with E-state index in [1.165, 1.54) is 0 Å². The molecule has 0 saturated carbocycles. The van der Waals surface area contributed by atoms with Gasteiger partial charge in [0, 0.05) is 5.56 Å². The Hall–Kier alpha value is -3.18. The predicted octanol–water partition coefficient (Wildman–Crippen LogP) is 6.49. The molecule has 0 fully saturated rings. The van der Waals surface area contributed by atoms with E-state index in [1.54, 1.807) is 18.4 Å². The third-order valence-electron chi connectivity index (χ3n) is 4.45. The predicted molar refractivity (Wildman–Crippen MR) is 118 cm³/mol. The van der Waals surface area contributed by atoms with Gasteiger partial charge < -0.3 is 9.47 Å². The fourth-order valence-corrected chi connectivity index (χ4v) is 3.92. The lowest BCUT2D eigenvalue weighted by atomic mass is 10.1. The van der Waals surface area contributed by atoms with Gasteiger partial charge in [-0.15, -0.1) is 11.3 Å². The quantitative estimate of drug-likeness (QED) is 0.330. The molecule has 0 aliphatic carbocycles. The van der Waals surface area contributed by atoms with Gasteiger partial charge in [0.25, 0.3) is 0 Å². The van der Waals surface area contributed by atoms with Gasteiger partial charge in [-0.05, 0) is 41.5 Å². The number of benzene rings is 3. The summed E-state index contributed by atoms with van der Waals surface area (Å²) in [6.07, 6.45) is 4.10. The van der Waals surface area contributed by atoms with Crippen molar-refractivity contribution >= 4 is 33.7 Å². The van der Waals surface area contributed by atoms with Gasteiger partial charge in [-0.2, -0.15) is 0 Å². The number of hydrogen-bond acceptors (Lipinski definition) is 4. The SMILES string of the molecule is COc1ccc2nc(-c3ccc(/C=C/c4ccc(OCC[18F])cc4)cc3)sc2c1. The zero-order valence-corrected chi connectivity index (χ0v) is 16.8. The smallest absolute Gasteiger partial charge is 0.124 e. The minimum Gasteiger partial charge on any atom is -0.497 e. The Kier molecular flexibility index (Phi) is 5.86. The van der Waals surface area contributed by atoms with Gasteiger partial charge >= 0.3 is 0 Å². The summed E-state index contributed by atoms with van der Waals surface area (Å²) < 4.78 is 23.8. The molecule has 0 atom stereocenters. The van der Waals surface area contributed by atoms with Gasteiger partial charge in [0.2, 0.25) is 0 Å². The number of alkyl halides is 1. The molecule has 4 rings (SSSR count). The summed E-state index contributed by atoms with van der Waals surface area (Å²) in [5, 5.41) is 0.993. The molecule has 1 heterocycles. The van der Waals surface area contributed by atoms with Crippen LogP contribution in [0.1, 0.15) is 11.1 Å². The van der Waals surface area contributed by atoms with E-state index in [4.69, 9.17) is 14.5 Å². The minimum absolute atomic E-state index is 0.0870. The molecule has 0 spiro atoms. The van der Waals surface area contributed by atoms with E-state index in [0.717, 1.165) is 37.7 Å². The molecule has 0 aliphatic rings. The molecule has 4 aromatic rings. The monoisotopic (exact) mass is 404 g/mol. The largest absolute Gasteiger partial charge is 0.497 e. The summed E-state index contributed by atoms with van der Waals surface area (Å²) in [5.41, 5.74) is 4.24. The van der Waals surface area contributed by atoms with Crippen LogP contribution in [-0.4, -0.2) is 25.4 Å². The molecule has 0 aliphatic heterocycles. The number of hydrogen-bond donors (Lipinski definition) is 0. The Morgan fingerprint density at radius 2 is 1.55 bits per heavy atom. The lowest BCUT2D eigenvalue weighted by Crippen LogP contribution is -1.98. The summed E-state index contributed by atoms with van der Waals surface area (Å²) in [6, 6.07) is 21.9. The molecule has 1 aromatic heterocycles. The van der Waals surface area contributed by atoms with E-state index in [9.17, 15) is 4.39 Å². The molecule has 0 amide bonds. The van der Waals surface area contributed by atoms with Gasteiger partial charge in [0.1, 0.15) is 29.8 Å². The highest BCUT2D eigenvalue weighted by molar-refractivity contribution is 7.21. The third kappa shape index (κ3) is 4.63. The Morgan fingerprint density at radius 1 is 0.897 bits per heavy atom. The van der Waals surface area contributed by atoms with Crippen LogP contribution in [0.3, 0.4) is 0 Å². The molecule has 29 heavy (non-hydrogen) atoms. The highest BCUT2D eigenvalue weighted by Gasteiger charge is 2.07. The van der Waals surface area contributed by atoms with Crippen molar-refractivity contribution < 1.29 is 13.9 Å². The van der Waals surface area contributed by atoms with Gasteiger partial charge in [-0.1, -0.05) is 48.6 Å². The van der Waals surface area contributed by atoms with E-state index in [0.29, 0.717) is 5.75 Å². The van der Waals surface area contributed by atoms with Crippen molar-refractivity contribution in [2.45, 2.75) is 0 Å². The number of halogens is 1. The molecular weight excluding hydrogens is 384 g/mol. The summed E-state index contributed by atoms with van der Waals surface area (Å²) >= 11 is 1.66. The van der Waals surface area contributed by atoms with E-state index in [-0.39, 0.29) is 6.61 Å². The molecule has 0 bridgehead atoms. The van der Waals surface area contributed by atoms with Crippen LogP contribution in [0.25, 0.3) is 32.9 Å². The van der Waals surface area contributed by atoms with Crippen LogP contribution in [0.4, 0.5) is 4.39 Å². The first-order valence-corrected chi connectivity index (χ1v) is 10.1. The van der Waals surface area contributed by atoms with E-state index < -0.39 is 6.67 Å². The average Bonchev–Trinajstić information content (AvgIpc) is 3.20. The minimum atomic E-state index is -0.483. The van der Waals surface area contributed by atoms with Crippen molar-refractivity contribution in [3.8, 4) is 22.1 Å². The third-order valence-corrected chi connectivity index (χ3v) is 5.51. The fourth-order valence-electron chi connectivity index (χ4n) is 2.92. The average molecular weight is 404 g/mol. The Morgan fingerprint density at radius 3 is 2.21 bits per heavy atom. The summed E-state index contributed by atoms with van der Waals surface area (Å²) in [6.45, 7) is -0.396. The Bertz CT molecular complexity index is 1120. The number of methoxy groups -OCH3 is 1. The van der Waals surface area contributed by atoms with Crippen molar-refractivity contribution in [1.82, 2.24) is 4.98 Å². The molecule has 3 aromatic carbocycles. The van der Waals surface area contributed by atoms with Crippen LogP contribution in [0.15, 0.2) is 66.7 Å². The molecule has 0 unspecified atom stereocenters. The highest BCUT2D eigenvalue weighted by atomic mass is 32.1. The lowest BCUT2D eigenvalue weighted by molar-refractivity contribution is 0.273. The first kappa shape index (κ1) is 19.2. The van der Waals surface area contributed by atoms with Crippen molar-refractivity contribution in [3.05, 3.63) is 77.9 Å². The number of ether oxygens (including phenoxy) is 2. The zero-order chi connectivity index (χ0) is 20.1. The van der Waals surface area contributed by atoms with Crippen LogP contribution < -0.4 is 9.47 Å². The van der Waals surface area contributed by atoms with Gasteiger partial charge in [-0.3, -0.25) is 0 Å². The molecule has 5 heteroatoms. The Balaban J connectivity index is 1.47. The number of fused-ring (bicyclic) bond motifs is 1. The number of aromatic nitrogens is 1.